The van der Waals surface area contributed by atoms with E-state index >= 15 is 0 Å². The van der Waals surface area contributed by atoms with E-state index in [-0.39, 0.29) is 111 Å². The Morgan fingerprint density at radius 1 is 0.338 bits per heavy atom. The number of aromatic carboxylic acids is 6. The highest BCUT2D eigenvalue weighted by molar-refractivity contribution is 7.58. The van der Waals surface area contributed by atoms with Crippen molar-refractivity contribution >= 4 is 115 Å². The number of nitrogens with zero attached hydrogens (tertiary/aromatic N) is 8. The van der Waals surface area contributed by atoms with Crippen molar-refractivity contribution in [3.05, 3.63) is 142 Å². The number of fused-ring (bicyclic) bond motifs is 4. The van der Waals surface area contributed by atoms with Gasteiger partial charge < -0.3 is 30.6 Å². The summed E-state index contributed by atoms with van der Waals surface area (Å²) >= 11 is 1.41. The lowest BCUT2D eigenvalue weighted by molar-refractivity contribution is -0.187. The molecule has 4 heterocycles. The fraction of sp³-hybridized carbons (Fsp3) is 0. The number of hydrogen-bond donors (Lipinski definition) is 6. The molecule has 1 aliphatic heterocycles. The molecule has 74 heavy (non-hydrogen) atoms. The van der Waals surface area contributed by atoms with Gasteiger partial charge in [0.05, 0.1) is 89.7 Å². The Morgan fingerprint density at radius 2 is 0.595 bits per heavy atom. The highest BCUT2D eigenvalue weighted by atomic mass is 32.1. The second kappa shape index (κ2) is 18.3. The van der Waals surface area contributed by atoms with Crippen LogP contribution >= 0.6 is 11.7 Å². The maximum absolute atomic E-state index is 13.8. The van der Waals surface area contributed by atoms with Crippen molar-refractivity contribution in [2.75, 3.05) is 0 Å². The number of benzene rings is 6. The summed E-state index contributed by atoms with van der Waals surface area (Å²) in [4.78, 5) is 129. The Bertz CT molecular complexity index is 4050. The molecule has 9 aromatic rings. The first-order valence-corrected chi connectivity index (χ1v) is 22.2. The zero-order valence-corrected chi connectivity index (χ0v) is 38.0. The van der Waals surface area contributed by atoms with Crippen LogP contribution in [0.15, 0.2) is 106 Å². The van der Waals surface area contributed by atoms with E-state index in [0.717, 1.165) is 24.3 Å². The van der Waals surface area contributed by atoms with Crippen LogP contribution in [0.25, 0.3) is 77.6 Å². The molecule has 0 amide bonds. The first kappa shape index (κ1) is 47.1. The van der Waals surface area contributed by atoms with Gasteiger partial charge >= 0.3 is 47.8 Å². The van der Waals surface area contributed by atoms with Crippen LogP contribution in [0, 0.1) is 0 Å². The van der Waals surface area contributed by atoms with Crippen molar-refractivity contribution in [2.24, 2.45) is 8.73 Å². The predicted molar refractivity (Wildman–Crippen MR) is 256 cm³/mol. The fourth-order valence-electron chi connectivity index (χ4n) is 8.22. The average Bonchev–Trinajstić information content (AvgIpc) is 4.08. The lowest BCUT2D eigenvalue weighted by Gasteiger charge is -2.16. The Labute approximate surface area is 416 Å². The standard InChI is InChI=1S/C48H22N8O16S2/c57-41(58)21-5-17(6-22(13-21)42(59)60)29-33-35(51-3-1-49-33)30(36-34(29)50-2-4-52-36)19-9-25(45(65)66)15-27(11-19)47(69)71-72-48(70)28-12-20(10-26(16-28)46(67)68)32-39-37(53-73-55-39)31(38-40(32)56-74-54-38)18-7-23(43(61)62)14-24(8-18)44(63)64/h1-16H,(H,57,58)(H,59,60)(H,61,62)(H,63,64)(H,65,66)(H,67,68). The van der Waals surface area contributed by atoms with Crippen LogP contribution < -0.4 is 0 Å². The lowest BCUT2D eigenvalue weighted by Crippen LogP contribution is -2.13. The Hall–Kier alpha value is -10.6. The summed E-state index contributed by atoms with van der Waals surface area (Å²) in [7, 11) is 0. The maximum Gasteiger partial charge on any atom is 0.386 e. The van der Waals surface area contributed by atoms with Crippen LogP contribution in [0.2, 0.25) is 0 Å². The highest BCUT2D eigenvalue weighted by Gasteiger charge is 2.30. The number of carboxylic acids is 6. The second-order valence-corrected chi connectivity index (χ2v) is 16.8. The molecule has 0 unspecified atom stereocenters. The summed E-state index contributed by atoms with van der Waals surface area (Å²) in [6, 6.07) is 13.3. The van der Waals surface area contributed by atoms with Crippen molar-refractivity contribution in [3.63, 3.8) is 0 Å². The maximum atomic E-state index is 13.8. The van der Waals surface area contributed by atoms with Crippen LogP contribution in [0.3, 0.4) is 0 Å². The highest BCUT2D eigenvalue weighted by Crippen LogP contribution is 2.52. The van der Waals surface area contributed by atoms with Gasteiger partial charge in [-0.2, -0.15) is 17.5 Å². The molecular formula is C48H22N8O16S2. The second-order valence-electron chi connectivity index (χ2n) is 15.7. The molecule has 26 heteroatoms. The summed E-state index contributed by atoms with van der Waals surface area (Å²) in [5.41, 5.74) is -2.25. The molecule has 362 valence electrons. The van der Waals surface area contributed by atoms with Gasteiger partial charge in [0.2, 0.25) is 0 Å². The van der Waals surface area contributed by atoms with E-state index in [2.05, 4.69) is 37.4 Å². The van der Waals surface area contributed by atoms with Gasteiger partial charge in [-0.15, -0.1) is 0 Å². The van der Waals surface area contributed by atoms with E-state index in [4.69, 9.17) is 9.78 Å². The predicted octanol–water partition coefficient (Wildman–Crippen LogP) is 8.09. The molecular weight excluding hydrogens is 1010 g/mol. The van der Waals surface area contributed by atoms with Crippen LogP contribution in [0.5, 0.6) is 0 Å². The number of carbonyl (C=O) groups excluding carboxylic acids is 2. The summed E-state index contributed by atoms with van der Waals surface area (Å²) < 4.78 is 17.5. The fourth-order valence-corrected chi connectivity index (χ4v) is 9.34. The number of hydrogen-bond acceptors (Lipinski definition) is 19. The zero-order valence-electron chi connectivity index (χ0n) is 36.4. The van der Waals surface area contributed by atoms with Crippen LogP contribution in [0.1, 0.15) is 82.9 Å². The van der Waals surface area contributed by atoms with E-state index < -0.39 is 70.0 Å². The molecule has 6 aromatic carbocycles. The Morgan fingerprint density at radius 3 is 0.878 bits per heavy atom. The summed E-state index contributed by atoms with van der Waals surface area (Å²) in [5, 5.41) is 59.6. The first-order chi connectivity index (χ1) is 35.5. The third-order valence-electron chi connectivity index (χ3n) is 11.3. The molecule has 0 aliphatic carbocycles. The molecule has 0 fully saturated rings. The summed E-state index contributed by atoms with van der Waals surface area (Å²) in [5.74, 6) is -11.5. The van der Waals surface area contributed by atoms with E-state index in [9.17, 15) is 69.0 Å². The van der Waals surface area contributed by atoms with Gasteiger partial charge in [-0.1, -0.05) is 0 Å². The molecule has 0 spiro atoms. The van der Waals surface area contributed by atoms with Gasteiger partial charge in [0.15, 0.2) is 0 Å². The molecule has 10 rings (SSSR count). The van der Waals surface area contributed by atoms with Crippen molar-refractivity contribution in [3.8, 4) is 44.5 Å². The van der Waals surface area contributed by atoms with E-state index in [0.29, 0.717) is 23.1 Å². The van der Waals surface area contributed by atoms with Crippen molar-refractivity contribution in [1.82, 2.24) is 28.7 Å². The van der Waals surface area contributed by atoms with E-state index in [1.807, 2.05) is 0 Å². The van der Waals surface area contributed by atoms with Gasteiger partial charge in [0, 0.05) is 47.0 Å². The van der Waals surface area contributed by atoms with Crippen molar-refractivity contribution in [1.29, 1.82) is 0 Å². The van der Waals surface area contributed by atoms with Gasteiger partial charge in [-0.3, -0.25) is 19.9 Å². The van der Waals surface area contributed by atoms with Crippen molar-refractivity contribution in [2.45, 2.75) is 0 Å². The van der Waals surface area contributed by atoms with Gasteiger partial charge in [-0.05, 0) is 95.1 Å². The number of rotatable bonds is 12. The van der Waals surface area contributed by atoms with Gasteiger partial charge in [0.25, 0.3) is 0 Å². The molecule has 0 radical (unpaired) electrons. The van der Waals surface area contributed by atoms with Crippen LogP contribution in [-0.2, 0) is 21.1 Å². The Balaban J connectivity index is 1.03. The van der Waals surface area contributed by atoms with Crippen LogP contribution in [-0.4, -0.2) is 107 Å². The number of carboxylic acid groups (broad SMARTS) is 6. The van der Waals surface area contributed by atoms with Crippen molar-refractivity contribution < 1.29 is 78.8 Å². The molecule has 0 atom stereocenters. The molecule has 6 N–H and O–H groups in total. The molecule has 0 saturated carbocycles. The topological polar surface area (TPSA) is 378 Å². The third-order valence-corrected chi connectivity index (χ3v) is 12.4. The Kier molecular flexibility index (Phi) is 11.6. The minimum Gasteiger partial charge on any atom is -0.478 e. The normalized spacial score (nSPS) is 11.5. The van der Waals surface area contributed by atoms with Gasteiger partial charge in [-0.25, -0.2) is 48.1 Å². The zero-order chi connectivity index (χ0) is 52.3. The molecule has 0 saturated heterocycles. The quantitative estimate of drug-likeness (QED) is 0.0382. The molecule has 1 aliphatic rings. The summed E-state index contributed by atoms with van der Waals surface area (Å²) in [6.45, 7) is 0. The number of aromatic nitrogens is 6. The first-order valence-electron chi connectivity index (χ1n) is 20.7. The van der Waals surface area contributed by atoms with Crippen LogP contribution in [0.4, 0.5) is 11.4 Å². The SMILES string of the molecule is O=C(O)c1cc(C(=O)O)cc(-c2c3c(c(-c4cc(C(=O)O)cc(C(=O)OOC(=O)c5cc(C(=O)O)cc(-c6c7nccnc7c(-c7cc(C(=O)O)cc(C(=O)O)c7)c7nccnc67)c5)c4)c4nsnc24)N=S=N3)c1. The van der Waals surface area contributed by atoms with Gasteiger partial charge in [0.1, 0.15) is 22.4 Å². The minimum atomic E-state index is -1.52. The summed E-state index contributed by atoms with van der Waals surface area (Å²) in [6.07, 6.45) is 5.17. The van der Waals surface area contributed by atoms with E-state index in [1.165, 1.54) is 73.3 Å². The molecule has 3 aromatic heterocycles. The van der Waals surface area contributed by atoms with E-state index in [1.54, 1.807) is 0 Å². The molecule has 24 nitrogen and oxygen atoms in total. The number of carbonyl (C=O) groups is 8. The lowest BCUT2D eigenvalue weighted by atomic mass is 9.91. The largest absolute Gasteiger partial charge is 0.478 e. The third kappa shape index (κ3) is 8.29. The smallest absolute Gasteiger partial charge is 0.386 e. The average molecular weight is 1030 g/mol. The molecule has 0 bridgehead atoms. The minimum absolute atomic E-state index is 0.00280. The monoisotopic (exact) mass is 1030 g/mol.